The largest absolute Gasteiger partial charge is 0.360 e. The lowest BCUT2D eigenvalue weighted by molar-refractivity contribution is 1.42. The summed E-state index contributed by atoms with van der Waals surface area (Å²) in [6.07, 6.45) is 1.85. The Morgan fingerprint density at radius 1 is 1.36 bits per heavy atom. The molecule has 0 saturated carbocycles. The predicted molar refractivity (Wildman–Crippen MR) is 50.6 cm³/mol. The van der Waals surface area contributed by atoms with E-state index in [4.69, 9.17) is 11.6 Å². The van der Waals surface area contributed by atoms with Gasteiger partial charge in [0.2, 0.25) is 0 Å². The third kappa shape index (κ3) is 1.12. The van der Waals surface area contributed by atoms with E-state index in [2.05, 4.69) is 17.6 Å². The van der Waals surface area contributed by atoms with Gasteiger partial charge in [-0.15, -0.1) is 12.6 Å². The Morgan fingerprint density at radius 3 is 3.00 bits per heavy atom. The van der Waals surface area contributed by atoms with Crippen molar-refractivity contribution in [2.75, 3.05) is 0 Å². The number of aromatic nitrogens is 1. The van der Waals surface area contributed by atoms with Crippen molar-refractivity contribution >= 4 is 35.1 Å². The molecule has 0 fully saturated rings. The Morgan fingerprint density at radius 2 is 2.18 bits per heavy atom. The molecule has 2 aromatic rings. The first-order valence-electron chi connectivity index (χ1n) is 3.23. The van der Waals surface area contributed by atoms with Gasteiger partial charge >= 0.3 is 0 Å². The SMILES string of the molecule is Sc1c[nH]c2ccc(Cl)cc12. The molecule has 0 spiro atoms. The van der Waals surface area contributed by atoms with E-state index in [0.29, 0.717) is 0 Å². The molecule has 11 heavy (non-hydrogen) atoms. The number of hydrogen-bond acceptors (Lipinski definition) is 1. The maximum absolute atomic E-state index is 5.80. The molecule has 1 aromatic carbocycles. The standard InChI is InChI=1S/C8H6ClNS/c9-5-1-2-7-6(3-5)8(11)4-10-7/h1-4,10-11H. The van der Waals surface area contributed by atoms with E-state index in [9.17, 15) is 0 Å². The average Bonchev–Trinajstić information content (AvgIpc) is 2.33. The van der Waals surface area contributed by atoms with E-state index in [0.717, 1.165) is 20.8 Å². The normalized spacial score (nSPS) is 10.7. The lowest BCUT2D eigenvalue weighted by atomic mass is 10.2. The number of thiol groups is 1. The van der Waals surface area contributed by atoms with Crippen molar-refractivity contribution in [1.82, 2.24) is 4.98 Å². The van der Waals surface area contributed by atoms with E-state index in [1.165, 1.54) is 0 Å². The molecule has 1 N–H and O–H groups in total. The molecule has 0 unspecified atom stereocenters. The zero-order chi connectivity index (χ0) is 7.84. The van der Waals surface area contributed by atoms with Gasteiger partial charge in [-0.1, -0.05) is 11.6 Å². The number of halogens is 1. The van der Waals surface area contributed by atoms with Crippen LogP contribution in [0, 0.1) is 0 Å². The van der Waals surface area contributed by atoms with Crippen LogP contribution < -0.4 is 0 Å². The van der Waals surface area contributed by atoms with Crippen LogP contribution in [0.2, 0.25) is 5.02 Å². The summed E-state index contributed by atoms with van der Waals surface area (Å²) in [7, 11) is 0. The lowest BCUT2D eigenvalue weighted by Crippen LogP contribution is -1.66. The molecule has 0 aliphatic carbocycles. The van der Waals surface area contributed by atoms with E-state index in [1.807, 2.05) is 24.4 Å². The van der Waals surface area contributed by atoms with Crippen LogP contribution in [0.25, 0.3) is 10.9 Å². The van der Waals surface area contributed by atoms with Gasteiger partial charge in [-0.05, 0) is 18.2 Å². The lowest BCUT2D eigenvalue weighted by Gasteiger charge is -1.90. The van der Waals surface area contributed by atoms with Gasteiger partial charge in [-0.25, -0.2) is 0 Å². The van der Waals surface area contributed by atoms with Crippen LogP contribution in [0.4, 0.5) is 0 Å². The predicted octanol–water partition coefficient (Wildman–Crippen LogP) is 3.11. The molecule has 0 aliphatic rings. The third-order valence-electron chi connectivity index (χ3n) is 1.62. The van der Waals surface area contributed by atoms with Crippen LogP contribution in [0.1, 0.15) is 0 Å². The van der Waals surface area contributed by atoms with Gasteiger partial charge in [0, 0.05) is 27.0 Å². The van der Waals surface area contributed by atoms with Gasteiger partial charge in [0.15, 0.2) is 0 Å². The summed E-state index contributed by atoms with van der Waals surface area (Å²) >= 11 is 10.1. The highest BCUT2D eigenvalue weighted by molar-refractivity contribution is 7.80. The maximum Gasteiger partial charge on any atom is 0.0466 e. The van der Waals surface area contributed by atoms with Crippen LogP contribution in [-0.4, -0.2) is 4.98 Å². The van der Waals surface area contributed by atoms with E-state index in [1.54, 1.807) is 0 Å². The summed E-state index contributed by atoms with van der Waals surface area (Å²) in [6.45, 7) is 0. The number of H-pyrrole nitrogens is 1. The van der Waals surface area contributed by atoms with Crippen LogP contribution in [-0.2, 0) is 0 Å². The van der Waals surface area contributed by atoms with Gasteiger partial charge in [-0.2, -0.15) is 0 Å². The minimum absolute atomic E-state index is 0.743. The zero-order valence-corrected chi connectivity index (χ0v) is 7.28. The fraction of sp³-hybridized carbons (Fsp3) is 0. The van der Waals surface area contributed by atoms with Gasteiger partial charge < -0.3 is 4.98 Å². The zero-order valence-electron chi connectivity index (χ0n) is 5.63. The number of benzene rings is 1. The molecule has 0 amide bonds. The van der Waals surface area contributed by atoms with Gasteiger partial charge in [0.1, 0.15) is 0 Å². The summed E-state index contributed by atoms with van der Waals surface area (Å²) in [5.41, 5.74) is 1.07. The number of rotatable bonds is 0. The second-order valence-electron chi connectivity index (χ2n) is 2.36. The third-order valence-corrected chi connectivity index (χ3v) is 2.23. The molecule has 1 heterocycles. The summed E-state index contributed by atoms with van der Waals surface area (Å²) in [5.74, 6) is 0. The smallest absolute Gasteiger partial charge is 0.0466 e. The van der Waals surface area contributed by atoms with Crippen molar-refractivity contribution in [3.63, 3.8) is 0 Å². The molecule has 0 bridgehead atoms. The summed E-state index contributed by atoms with van der Waals surface area (Å²) < 4.78 is 0. The van der Waals surface area contributed by atoms with Crippen LogP contribution in [0.3, 0.4) is 0 Å². The fourth-order valence-electron chi connectivity index (χ4n) is 1.08. The molecule has 0 radical (unpaired) electrons. The summed E-state index contributed by atoms with van der Waals surface area (Å²) in [4.78, 5) is 4.01. The molecule has 0 saturated heterocycles. The Balaban J connectivity index is 2.87. The molecule has 1 aromatic heterocycles. The molecule has 2 rings (SSSR count). The Kier molecular flexibility index (Phi) is 1.59. The van der Waals surface area contributed by atoms with Gasteiger partial charge in [-0.3, -0.25) is 0 Å². The van der Waals surface area contributed by atoms with Crippen molar-refractivity contribution in [3.05, 3.63) is 29.4 Å². The van der Waals surface area contributed by atoms with E-state index >= 15 is 0 Å². The molecule has 56 valence electrons. The van der Waals surface area contributed by atoms with Crippen LogP contribution in [0.15, 0.2) is 29.3 Å². The van der Waals surface area contributed by atoms with E-state index in [-0.39, 0.29) is 0 Å². The fourth-order valence-corrected chi connectivity index (χ4v) is 1.50. The van der Waals surface area contributed by atoms with Crippen molar-refractivity contribution < 1.29 is 0 Å². The number of nitrogens with one attached hydrogen (secondary N) is 1. The minimum Gasteiger partial charge on any atom is -0.360 e. The first-order chi connectivity index (χ1) is 5.27. The number of aromatic amines is 1. The molecule has 0 atom stereocenters. The van der Waals surface area contributed by atoms with Crippen molar-refractivity contribution in [3.8, 4) is 0 Å². The quantitative estimate of drug-likeness (QED) is 0.584. The Hall–Kier alpha value is -0.600. The topological polar surface area (TPSA) is 15.8 Å². The molecule has 0 aliphatic heterocycles. The van der Waals surface area contributed by atoms with Crippen LogP contribution in [0.5, 0.6) is 0 Å². The first-order valence-corrected chi connectivity index (χ1v) is 4.05. The van der Waals surface area contributed by atoms with Gasteiger partial charge in [0.05, 0.1) is 0 Å². The molecule has 1 nitrogen and oxygen atoms in total. The van der Waals surface area contributed by atoms with Crippen molar-refractivity contribution in [2.45, 2.75) is 4.90 Å². The van der Waals surface area contributed by atoms with Gasteiger partial charge in [0.25, 0.3) is 0 Å². The summed E-state index contributed by atoms with van der Waals surface area (Å²) in [5, 5.41) is 1.81. The highest BCUT2D eigenvalue weighted by Crippen LogP contribution is 2.24. The molecular formula is C8H6ClNS. The minimum atomic E-state index is 0.743. The molecular weight excluding hydrogens is 178 g/mol. The average molecular weight is 184 g/mol. The van der Waals surface area contributed by atoms with E-state index < -0.39 is 0 Å². The maximum atomic E-state index is 5.80. The number of fused-ring (bicyclic) bond motifs is 1. The number of hydrogen-bond donors (Lipinski definition) is 2. The monoisotopic (exact) mass is 183 g/mol. The second-order valence-corrected chi connectivity index (χ2v) is 3.28. The first kappa shape index (κ1) is 7.07. The Bertz CT molecular complexity index is 394. The second kappa shape index (κ2) is 2.47. The summed E-state index contributed by atoms with van der Waals surface area (Å²) in [6, 6.07) is 5.70. The van der Waals surface area contributed by atoms with Crippen molar-refractivity contribution in [1.29, 1.82) is 0 Å². The molecule has 3 heteroatoms. The van der Waals surface area contributed by atoms with Crippen LogP contribution >= 0.6 is 24.2 Å². The Labute approximate surface area is 74.8 Å². The highest BCUT2D eigenvalue weighted by atomic mass is 35.5. The highest BCUT2D eigenvalue weighted by Gasteiger charge is 1.98. The van der Waals surface area contributed by atoms with Crippen molar-refractivity contribution in [2.24, 2.45) is 0 Å².